The zero-order valence-electron chi connectivity index (χ0n) is 17.1. The fraction of sp³-hybridized carbons (Fsp3) is 0.318. The molecular weight excluding hydrogens is 388 g/mol. The number of methoxy groups -OCH3 is 1. The highest BCUT2D eigenvalue weighted by atomic mass is 16.7. The van der Waals surface area contributed by atoms with Gasteiger partial charge in [0.05, 0.1) is 31.7 Å². The summed E-state index contributed by atoms with van der Waals surface area (Å²) in [6.07, 6.45) is -0.106. The van der Waals surface area contributed by atoms with Crippen LogP contribution in [-0.2, 0) is 21.0 Å². The lowest BCUT2D eigenvalue weighted by Crippen LogP contribution is -2.35. The SMILES string of the molecule is CCOc1cc(C(CC(=O)NOC(C)=O)N2Cc3ccc[c]c3C2=O)ccc1OC. The second-order valence-corrected chi connectivity index (χ2v) is 6.69. The number of carbonyl (C=O) groups is 3. The maximum absolute atomic E-state index is 13.0. The van der Waals surface area contributed by atoms with Crippen molar-refractivity contribution in [3.8, 4) is 11.5 Å². The number of carbonyl (C=O) groups excluding carboxylic acids is 3. The summed E-state index contributed by atoms with van der Waals surface area (Å²) < 4.78 is 11.0. The lowest BCUT2D eigenvalue weighted by Gasteiger charge is -2.28. The Morgan fingerprint density at radius 2 is 2.07 bits per heavy atom. The van der Waals surface area contributed by atoms with Gasteiger partial charge >= 0.3 is 5.97 Å². The van der Waals surface area contributed by atoms with Gasteiger partial charge in [-0.25, -0.2) is 0 Å². The molecule has 1 aliphatic heterocycles. The van der Waals surface area contributed by atoms with Gasteiger partial charge in [0.1, 0.15) is 0 Å². The van der Waals surface area contributed by atoms with Crippen molar-refractivity contribution < 1.29 is 28.7 Å². The summed E-state index contributed by atoms with van der Waals surface area (Å²) in [4.78, 5) is 42.6. The molecule has 1 N–H and O–H groups in total. The molecule has 8 nitrogen and oxygen atoms in total. The Bertz CT molecular complexity index is 958. The van der Waals surface area contributed by atoms with Crippen molar-refractivity contribution in [2.45, 2.75) is 32.9 Å². The minimum Gasteiger partial charge on any atom is -0.493 e. The highest BCUT2D eigenvalue weighted by molar-refractivity contribution is 5.98. The predicted molar refractivity (Wildman–Crippen MR) is 107 cm³/mol. The zero-order valence-corrected chi connectivity index (χ0v) is 17.1. The number of nitrogens with one attached hydrogen (secondary N) is 1. The fourth-order valence-electron chi connectivity index (χ4n) is 3.38. The smallest absolute Gasteiger partial charge is 0.329 e. The van der Waals surface area contributed by atoms with Crippen LogP contribution >= 0.6 is 0 Å². The molecule has 0 aromatic heterocycles. The highest BCUT2D eigenvalue weighted by Gasteiger charge is 2.35. The first-order valence-electron chi connectivity index (χ1n) is 9.52. The summed E-state index contributed by atoms with van der Waals surface area (Å²) in [6, 6.07) is 13.0. The molecule has 1 aliphatic rings. The molecule has 0 aliphatic carbocycles. The zero-order chi connectivity index (χ0) is 21.7. The molecule has 3 rings (SSSR count). The Kier molecular flexibility index (Phi) is 6.56. The number of hydrogen-bond acceptors (Lipinski definition) is 6. The molecule has 1 radical (unpaired) electrons. The van der Waals surface area contributed by atoms with Crippen LogP contribution in [0.2, 0.25) is 0 Å². The molecule has 2 amide bonds. The van der Waals surface area contributed by atoms with Gasteiger partial charge in [-0.2, -0.15) is 5.48 Å². The van der Waals surface area contributed by atoms with Gasteiger partial charge in [0.15, 0.2) is 11.5 Å². The van der Waals surface area contributed by atoms with Crippen LogP contribution in [0, 0.1) is 6.07 Å². The molecule has 1 atom stereocenters. The lowest BCUT2D eigenvalue weighted by molar-refractivity contribution is -0.156. The average molecular weight is 411 g/mol. The predicted octanol–water partition coefficient (Wildman–Crippen LogP) is 2.58. The molecule has 1 unspecified atom stereocenters. The number of nitrogens with zero attached hydrogens (tertiary/aromatic N) is 1. The number of rotatable bonds is 7. The van der Waals surface area contributed by atoms with Gasteiger partial charge in [-0.3, -0.25) is 14.4 Å². The van der Waals surface area contributed by atoms with E-state index < -0.39 is 17.9 Å². The molecule has 2 aromatic rings. The van der Waals surface area contributed by atoms with E-state index in [1.165, 1.54) is 14.0 Å². The van der Waals surface area contributed by atoms with Crippen LogP contribution in [0.4, 0.5) is 0 Å². The van der Waals surface area contributed by atoms with Crippen molar-refractivity contribution in [1.29, 1.82) is 0 Å². The van der Waals surface area contributed by atoms with Crippen LogP contribution < -0.4 is 15.0 Å². The molecule has 157 valence electrons. The van der Waals surface area contributed by atoms with Crippen LogP contribution in [0.25, 0.3) is 0 Å². The number of ether oxygens (including phenoxy) is 2. The Labute approximate surface area is 174 Å². The van der Waals surface area contributed by atoms with Gasteiger partial charge in [-0.15, -0.1) is 0 Å². The van der Waals surface area contributed by atoms with Gasteiger partial charge in [0.25, 0.3) is 11.8 Å². The summed E-state index contributed by atoms with van der Waals surface area (Å²) in [6.45, 7) is 3.81. The van der Waals surface area contributed by atoms with E-state index in [9.17, 15) is 14.4 Å². The topological polar surface area (TPSA) is 94.2 Å². The lowest BCUT2D eigenvalue weighted by atomic mass is 10.0. The first-order chi connectivity index (χ1) is 14.4. The second-order valence-electron chi connectivity index (χ2n) is 6.69. The van der Waals surface area contributed by atoms with Crippen molar-refractivity contribution in [2.75, 3.05) is 13.7 Å². The summed E-state index contributed by atoms with van der Waals surface area (Å²) in [5, 5.41) is 0. The van der Waals surface area contributed by atoms with E-state index in [2.05, 4.69) is 16.4 Å². The van der Waals surface area contributed by atoms with Crippen molar-refractivity contribution in [3.63, 3.8) is 0 Å². The summed E-state index contributed by atoms with van der Waals surface area (Å²) >= 11 is 0. The van der Waals surface area contributed by atoms with E-state index in [0.29, 0.717) is 35.8 Å². The molecule has 0 bridgehead atoms. The van der Waals surface area contributed by atoms with Crippen molar-refractivity contribution in [1.82, 2.24) is 10.4 Å². The minimum absolute atomic E-state index is 0.106. The third-order valence-corrected chi connectivity index (χ3v) is 4.69. The molecule has 0 saturated heterocycles. The average Bonchev–Trinajstić information content (AvgIpc) is 3.07. The number of fused-ring (bicyclic) bond motifs is 1. The Hall–Kier alpha value is -3.55. The maximum atomic E-state index is 13.0. The second kappa shape index (κ2) is 9.30. The van der Waals surface area contributed by atoms with E-state index in [-0.39, 0.29) is 12.3 Å². The summed E-state index contributed by atoms with van der Waals surface area (Å²) in [5.41, 5.74) is 4.13. The van der Waals surface area contributed by atoms with Gasteiger partial charge in [-0.05, 0) is 36.2 Å². The summed E-state index contributed by atoms with van der Waals surface area (Å²) in [5.74, 6) is -0.324. The Morgan fingerprint density at radius 3 is 2.73 bits per heavy atom. The van der Waals surface area contributed by atoms with Crippen molar-refractivity contribution in [3.05, 3.63) is 59.2 Å². The van der Waals surface area contributed by atoms with Crippen LogP contribution in [0.3, 0.4) is 0 Å². The van der Waals surface area contributed by atoms with E-state index in [1.807, 2.05) is 19.1 Å². The molecule has 0 fully saturated rings. The third kappa shape index (κ3) is 4.53. The number of hydroxylamine groups is 1. The minimum atomic E-state index is -0.637. The molecule has 8 heteroatoms. The number of hydrogen-bond donors (Lipinski definition) is 1. The molecule has 2 aromatic carbocycles. The van der Waals surface area contributed by atoms with Gasteiger partial charge in [-0.1, -0.05) is 24.3 Å². The first-order valence-corrected chi connectivity index (χ1v) is 9.52. The number of benzene rings is 2. The monoisotopic (exact) mass is 411 g/mol. The van der Waals surface area contributed by atoms with E-state index in [4.69, 9.17) is 9.47 Å². The standard InChI is InChI=1S/C22H23N2O6/c1-4-29-20-11-15(9-10-19(20)28-3)18(12-21(26)23-30-14(2)25)24-13-16-7-5-6-8-17(16)22(24)27/h5-7,9-11,18H,4,12-13H2,1-3H3,(H,23,26). The van der Waals surface area contributed by atoms with Crippen molar-refractivity contribution in [2.24, 2.45) is 0 Å². The fourth-order valence-corrected chi connectivity index (χ4v) is 3.38. The van der Waals surface area contributed by atoms with Gasteiger partial charge < -0.3 is 19.2 Å². The Morgan fingerprint density at radius 1 is 1.27 bits per heavy atom. The van der Waals surface area contributed by atoms with Gasteiger partial charge in [0.2, 0.25) is 0 Å². The van der Waals surface area contributed by atoms with E-state index >= 15 is 0 Å². The molecule has 30 heavy (non-hydrogen) atoms. The van der Waals surface area contributed by atoms with E-state index in [1.54, 1.807) is 29.2 Å². The van der Waals surface area contributed by atoms with Crippen LogP contribution in [-0.4, -0.2) is 36.4 Å². The van der Waals surface area contributed by atoms with Gasteiger partial charge in [0, 0.05) is 13.5 Å². The molecular formula is C22H23N2O6. The van der Waals surface area contributed by atoms with Crippen LogP contribution in [0.1, 0.15) is 47.8 Å². The highest BCUT2D eigenvalue weighted by Crippen LogP contribution is 2.37. The largest absolute Gasteiger partial charge is 0.493 e. The summed E-state index contributed by atoms with van der Waals surface area (Å²) in [7, 11) is 1.54. The van der Waals surface area contributed by atoms with Crippen molar-refractivity contribution >= 4 is 17.8 Å². The number of amides is 2. The van der Waals surface area contributed by atoms with E-state index in [0.717, 1.165) is 5.56 Å². The Balaban J connectivity index is 1.94. The maximum Gasteiger partial charge on any atom is 0.329 e. The quantitative estimate of drug-likeness (QED) is 0.704. The normalized spacial score (nSPS) is 13.4. The molecule has 0 saturated carbocycles. The molecule has 0 spiro atoms. The first kappa shape index (κ1) is 21.2. The van der Waals surface area contributed by atoms with Crippen LogP contribution in [0.15, 0.2) is 36.4 Å². The van der Waals surface area contributed by atoms with Crippen LogP contribution in [0.5, 0.6) is 11.5 Å². The third-order valence-electron chi connectivity index (χ3n) is 4.69. The molecule has 1 heterocycles.